The van der Waals surface area contributed by atoms with Crippen LogP contribution in [0.15, 0.2) is 24.4 Å². The zero-order valence-electron chi connectivity index (χ0n) is 22.7. The Morgan fingerprint density at radius 2 is 1.89 bits per heavy atom. The average molecular weight is 524 g/mol. The number of rotatable bonds is 8. The lowest BCUT2D eigenvalue weighted by Gasteiger charge is -2.38. The van der Waals surface area contributed by atoms with E-state index >= 15 is 0 Å². The fraction of sp³-hybridized carbons (Fsp3) is 0.500. The molecule has 0 radical (unpaired) electrons. The molecule has 9 heteroatoms. The number of piperidine rings is 1. The minimum atomic E-state index is -0.522. The maximum atomic E-state index is 13.0. The summed E-state index contributed by atoms with van der Waals surface area (Å²) in [4.78, 5) is 24.1. The average Bonchev–Trinajstić information content (AvgIpc) is 3.27. The number of aromatic nitrogens is 4. The summed E-state index contributed by atoms with van der Waals surface area (Å²) in [6.07, 6.45) is 4.21. The molecule has 3 heterocycles. The molecule has 1 aromatic carbocycles. The highest BCUT2D eigenvalue weighted by molar-refractivity contribution is 6.32. The molecule has 0 spiro atoms. The van der Waals surface area contributed by atoms with Gasteiger partial charge in [0.25, 0.3) is 0 Å². The fourth-order valence-corrected chi connectivity index (χ4v) is 5.32. The largest absolute Gasteiger partial charge is 0.341 e. The first kappa shape index (κ1) is 27.1. The molecule has 1 amide bonds. The van der Waals surface area contributed by atoms with Gasteiger partial charge in [-0.25, -0.2) is 9.97 Å². The van der Waals surface area contributed by atoms with Gasteiger partial charge >= 0.3 is 0 Å². The van der Waals surface area contributed by atoms with Crippen LogP contribution >= 0.6 is 11.6 Å². The highest BCUT2D eigenvalue weighted by Gasteiger charge is 2.33. The Balaban J connectivity index is 1.44. The van der Waals surface area contributed by atoms with E-state index in [0.717, 1.165) is 38.2 Å². The summed E-state index contributed by atoms with van der Waals surface area (Å²) in [6.45, 7) is 14.6. The van der Waals surface area contributed by atoms with Crippen LogP contribution in [0.4, 0.5) is 11.6 Å². The molecule has 0 unspecified atom stereocenters. The number of likely N-dealkylation sites (N-methyl/N-ethyl adjacent to an activating group) is 1. The first-order valence-corrected chi connectivity index (χ1v) is 13.4. The van der Waals surface area contributed by atoms with Crippen LogP contribution in [0.1, 0.15) is 73.3 Å². The zero-order valence-corrected chi connectivity index (χ0v) is 23.5. The van der Waals surface area contributed by atoms with Gasteiger partial charge < -0.3 is 15.5 Å². The maximum Gasteiger partial charge on any atom is 0.242 e. The van der Waals surface area contributed by atoms with E-state index in [-0.39, 0.29) is 5.91 Å². The number of aromatic amines is 1. The summed E-state index contributed by atoms with van der Waals surface area (Å²) >= 11 is 6.34. The predicted molar refractivity (Wildman–Crippen MR) is 149 cm³/mol. The van der Waals surface area contributed by atoms with Crippen molar-refractivity contribution in [1.29, 1.82) is 0 Å². The first-order chi connectivity index (χ1) is 17.6. The van der Waals surface area contributed by atoms with Crippen LogP contribution in [0.25, 0.3) is 0 Å². The molecule has 37 heavy (non-hydrogen) atoms. The van der Waals surface area contributed by atoms with Crippen molar-refractivity contribution < 1.29 is 4.79 Å². The zero-order chi connectivity index (χ0) is 26.7. The Bertz CT molecular complexity index is 1260. The van der Waals surface area contributed by atoms with E-state index in [1.807, 2.05) is 38.7 Å². The molecule has 1 aliphatic heterocycles. The molecule has 3 N–H and O–H groups in total. The van der Waals surface area contributed by atoms with Crippen molar-refractivity contribution in [2.45, 2.75) is 72.3 Å². The summed E-state index contributed by atoms with van der Waals surface area (Å²) in [7, 11) is 0. The second-order valence-corrected chi connectivity index (χ2v) is 11.0. The highest BCUT2D eigenvalue weighted by atomic mass is 35.5. The van der Waals surface area contributed by atoms with E-state index < -0.39 is 5.54 Å². The standard InChI is InChI=1S/C28H38ClN7O/c1-7-31-28(5,6)27(37)36-10-8-20(9-11-36)22-13-17(2)21(12-18(22)3)15-24-30-16-23(29)26(32-24)33-25-14-19(4)34-35-25/h12-14,16,20,31H,7-11,15H2,1-6H3,(H2,30,32,33,34,35). The third-order valence-corrected chi connectivity index (χ3v) is 7.47. The van der Waals surface area contributed by atoms with Gasteiger partial charge in [0.05, 0.1) is 11.7 Å². The number of amides is 1. The number of nitrogens with one attached hydrogen (secondary N) is 3. The first-order valence-electron chi connectivity index (χ1n) is 13.0. The summed E-state index contributed by atoms with van der Waals surface area (Å²) in [6, 6.07) is 6.48. The van der Waals surface area contributed by atoms with Gasteiger partial charge in [0, 0.05) is 31.3 Å². The molecule has 0 aliphatic carbocycles. The number of hydrogen-bond donors (Lipinski definition) is 3. The number of hydrogen-bond acceptors (Lipinski definition) is 6. The Labute approximate surface area is 224 Å². The Morgan fingerprint density at radius 1 is 1.16 bits per heavy atom. The summed E-state index contributed by atoms with van der Waals surface area (Å²) in [5.74, 6) is 2.56. The molecule has 8 nitrogen and oxygen atoms in total. The molecule has 1 aliphatic rings. The summed E-state index contributed by atoms with van der Waals surface area (Å²) < 4.78 is 0. The van der Waals surface area contributed by atoms with Crippen LogP contribution in [0, 0.1) is 20.8 Å². The van der Waals surface area contributed by atoms with Crippen molar-refractivity contribution in [3.05, 3.63) is 63.2 Å². The highest BCUT2D eigenvalue weighted by Crippen LogP contribution is 2.33. The third-order valence-electron chi connectivity index (χ3n) is 7.19. The third kappa shape index (κ3) is 6.30. The van der Waals surface area contributed by atoms with Gasteiger partial charge in [-0.1, -0.05) is 30.7 Å². The van der Waals surface area contributed by atoms with Gasteiger partial charge in [-0.05, 0) is 82.2 Å². The van der Waals surface area contributed by atoms with Crippen molar-refractivity contribution in [1.82, 2.24) is 30.4 Å². The number of benzene rings is 1. The topological polar surface area (TPSA) is 98.8 Å². The van der Waals surface area contributed by atoms with Crippen LogP contribution in [0.3, 0.4) is 0 Å². The Morgan fingerprint density at radius 3 is 2.54 bits per heavy atom. The Kier molecular flexibility index (Phi) is 8.19. The van der Waals surface area contributed by atoms with Crippen LogP contribution < -0.4 is 10.6 Å². The number of aryl methyl sites for hydroxylation is 3. The van der Waals surface area contributed by atoms with E-state index in [0.29, 0.717) is 34.8 Å². The smallest absolute Gasteiger partial charge is 0.242 e. The van der Waals surface area contributed by atoms with Crippen LogP contribution in [0.2, 0.25) is 5.02 Å². The SMILES string of the molecule is CCNC(C)(C)C(=O)N1CCC(c2cc(C)c(Cc3ncc(Cl)c(Nc4cc(C)[nH]n4)n3)cc2C)CC1. The Hall–Kier alpha value is -2.97. The maximum absolute atomic E-state index is 13.0. The lowest BCUT2D eigenvalue weighted by Crippen LogP contribution is -2.55. The number of H-pyrrole nitrogens is 1. The molecule has 3 aromatic rings. The second kappa shape index (κ2) is 11.2. The van der Waals surface area contributed by atoms with Crippen LogP contribution in [0.5, 0.6) is 0 Å². The molecule has 4 rings (SSSR count). The van der Waals surface area contributed by atoms with E-state index in [1.54, 1.807) is 6.20 Å². The molecule has 0 saturated carbocycles. The molecular weight excluding hydrogens is 486 g/mol. The number of halogens is 1. The van der Waals surface area contributed by atoms with Gasteiger partial charge in [0.15, 0.2) is 11.6 Å². The van der Waals surface area contributed by atoms with E-state index in [4.69, 9.17) is 11.6 Å². The lowest BCUT2D eigenvalue weighted by molar-refractivity contribution is -0.138. The predicted octanol–water partition coefficient (Wildman–Crippen LogP) is 5.21. The van der Waals surface area contributed by atoms with Gasteiger partial charge in [-0.3, -0.25) is 9.89 Å². The minimum absolute atomic E-state index is 0.190. The van der Waals surface area contributed by atoms with Crippen LogP contribution in [-0.2, 0) is 11.2 Å². The molecular formula is C28H38ClN7O. The van der Waals surface area contributed by atoms with E-state index in [2.05, 4.69) is 56.8 Å². The van der Waals surface area contributed by atoms with Gasteiger partial charge in [0.2, 0.25) is 5.91 Å². The van der Waals surface area contributed by atoms with E-state index in [9.17, 15) is 4.79 Å². The molecule has 0 bridgehead atoms. The van der Waals surface area contributed by atoms with Crippen molar-refractivity contribution >= 4 is 29.1 Å². The van der Waals surface area contributed by atoms with Crippen molar-refractivity contribution in [3.8, 4) is 0 Å². The van der Waals surface area contributed by atoms with Crippen molar-refractivity contribution in [3.63, 3.8) is 0 Å². The summed E-state index contributed by atoms with van der Waals surface area (Å²) in [5, 5.41) is 14.0. The van der Waals surface area contributed by atoms with E-state index in [1.165, 1.54) is 22.3 Å². The molecule has 198 valence electrons. The second-order valence-electron chi connectivity index (χ2n) is 10.6. The molecule has 1 fully saturated rings. The van der Waals surface area contributed by atoms with Gasteiger partial charge in [-0.2, -0.15) is 5.10 Å². The number of nitrogens with zero attached hydrogens (tertiary/aromatic N) is 4. The quantitative estimate of drug-likeness (QED) is 0.375. The van der Waals surface area contributed by atoms with Crippen molar-refractivity contribution in [2.75, 3.05) is 25.0 Å². The number of carbonyl (C=O) groups is 1. The number of anilines is 2. The molecule has 1 saturated heterocycles. The number of likely N-dealkylation sites (tertiary alicyclic amines) is 1. The minimum Gasteiger partial charge on any atom is -0.341 e. The van der Waals surface area contributed by atoms with Crippen LogP contribution in [-0.4, -0.2) is 56.1 Å². The normalized spacial score (nSPS) is 14.7. The van der Waals surface area contributed by atoms with Gasteiger partial charge in [0.1, 0.15) is 10.8 Å². The molecule has 2 aromatic heterocycles. The molecule has 0 atom stereocenters. The lowest BCUT2D eigenvalue weighted by atomic mass is 9.84. The summed E-state index contributed by atoms with van der Waals surface area (Å²) in [5.41, 5.74) is 5.51. The van der Waals surface area contributed by atoms with Gasteiger partial charge in [-0.15, -0.1) is 0 Å². The van der Waals surface area contributed by atoms with Crippen molar-refractivity contribution in [2.24, 2.45) is 0 Å². The fourth-order valence-electron chi connectivity index (χ4n) is 5.19. The monoisotopic (exact) mass is 523 g/mol. The number of carbonyl (C=O) groups excluding carboxylic acids is 1.